The van der Waals surface area contributed by atoms with E-state index in [2.05, 4.69) is 4.98 Å². The lowest BCUT2D eigenvalue weighted by Gasteiger charge is -1.94. The molecule has 1 rings (SSSR count). The van der Waals surface area contributed by atoms with E-state index >= 15 is 0 Å². The van der Waals surface area contributed by atoms with Gasteiger partial charge in [-0.05, 0) is 12.1 Å². The van der Waals surface area contributed by atoms with E-state index in [4.69, 9.17) is 22.1 Å². The van der Waals surface area contributed by atoms with Gasteiger partial charge in [0.05, 0.1) is 4.90 Å². The van der Waals surface area contributed by atoms with Crippen LogP contribution in [-0.4, -0.2) is 8.42 Å². The van der Waals surface area contributed by atoms with Crippen molar-refractivity contribution >= 4 is 27.3 Å². The SMILES string of the molecule is N#[N+]c1ccc(S(N)(=O)=O)cc1Cl. The molecule has 0 unspecified atom stereocenters. The highest BCUT2D eigenvalue weighted by Gasteiger charge is 2.16. The molecule has 0 heterocycles. The van der Waals surface area contributed by atoms with Crippen molar-refractivity contribution in [3.63, 3.8) is 0 Å². The summed E-state index contributed by atoms with van der Waals surface area (Å²) in [6, 6.07) is 3.57. The molecule has 0 fully saturated rings. The maximum Gasteiger partial charge on any atom is 0.403 e. The Kier molecular flexibility index (Phi) is 2.52. The summed E-state index contributed by atoms with van der Waals surface area (Å²) in [6.45, 7) is 0. The Morgan fingerprint density at radius 2 is 2.08 bits per heavy atom. The average molecular weight is 219 g/mol. The van der Waals surface area contributed by atoms with Crippen molar-refractivity contribution in [2.24, 2.45) is 5.14 Å². The number of primary sulfonamides is 1. The molecule has 1 aromatic rings. The second-order valence-corrected chi connectivity index (χ2v) is 4.23. The lowest BCUT2D eigenvalue weighted by Crippen LogP contribution is -2.11. The highest BCUT2D eigenvalue weighted by molar-refractivity contribution is 7.89. The van der Waals surface area contributed by atoms with Gasteiger partial charge in [0, 0.05) is 6.07 Å². The second-order valence-electron chi connectivity index (χ2n) is 2.26. The molecule has 0 spiro atoms. The molecule has 13 heavy (non-hydrogen) atoms. The van der Waals surface area contributed by atoms with Gasteiger partial charge in [0.25, 0.3) is 0 Å². The molecule has 0 aliphatic carbocycles. The Bertz CT molecular complexity index is 477. The predicted octanol–water partition coefficient (Wildman–Crippen LogP) is 1.47. The zero-order valence-corrected chi connectivity index (χ0v) is 7.88. The van der Waals surface area contributed by atoms with Gasteiger partial charge in [-0.15, -0.1) is 0 Å². The van der Waals surface area contributed by atoms with Crippen LogP contribution in [0.25, 0.3) is 4.98 Å². The molecule has 0 atom stereocenters. The lowest BCUT2D eigenvalue weighted by molar-refractivity contribution is 0.598. The summed E-state index contributed by atoms with van der Waals surface area (Å²) in [5.74, 6) is 0. The van der Waals surface area contributed by atoms with Crippen LogP contribution >= 0.6 is 11.6 Å². The van der Waals surface area contributed by atoms with Crippen molar-refractivity contribution in [1.29, 1.82) is 5.39 Å². The van der Waals surface area contributed by atoms with Crippen molar-refractivity contribution in [3.8, 4) is 0 Å². The van der Waals surface area contributed by atoms with Crippen molar-refractivity contribution in [2.75, 3.05) is 0 Å². The van der Waals surface area contributed by atoms with E-state index in [1.165, 1.54) is 12.1 Å². The number of hydrogen-bond acceptors (Lipinski definition) is 3. The molecule has 0 saturated heterocycles. The number of nitrogens with two attached hydrogens (primary N) is 1. The topological polar surface area (TPSA) is 88.3 Å². The van der Waals surface area contributed by atoms with Gasteiger partial charge < -0.3 is 0 Å². The molecule has 0 saturated carbocycles. The van der Waals surface area contributed by atoms with Crippen molar-refractivity contribution < 1.29 is 8.42 Å². The van der Waals surface area contributed by atoms with Crippen LogP contribution in [0.4, 0.5) is 5.69 Å². The molecule has 2 N–H and O–H groups in total. The highest BCUT2D eigenvalue weighted by Crippen LogP contribution is 2.26. The molecule has 7 heteroatoms. The Morgan fingerprint density at radius 1 is 1.46 bits per heavy atom. The quantitative estimate of drug-likeness (QED) is 0.724. The summed E-state index contributed by atoms with van der Waals surface area (Å²) in [5, 5.41) is 13.2. The minimum absolute atomic E-state index is 0.0222. The van der Waals surface area contributed by atoms with E-state index in [1.54, 1.807) is 0 Å². The van der Waals surface area contributed by atoms with Gasteiger partial charge in [0.2, 0.25) is 15.4 Å². The Hall–Kier alpha value is -1.16. The van der Waals surface area contributed by atoms with Gasteiger partial charge in [-0.25, -0.2) is 13.6 Å². The average Bonchev–Trinajstić information content (AvgIpc) is 2.02. The molecule has 0 aliphatic rings. The summed E-state index contributed by atoms with van der Waals surface area (Å²) in [4.78, 5) is 2.71. The number of hydrogen-bond donors (Lipinski definition) is 1. The van der Waals surface area contributed by atoms with Gasteiger partial charge in [-0.1, -0.05) is 11.6 Å². The fraction of sp³-hybridized carbons (Fsp3) is 0. The van der Waals surface area contributed by atoms with Crippen molar-refractivity contribution in [1.82, 2.24) is 0 Å². The standard InChI is InChI=1S/C6H5ClN3O2S/c7-5-3-4(13(9,11)12)1-2-6(5)10-8/h1-3H,(H2,9,11,12)/q+1. The predicted molar refractivity (Wildman–Crippen MR) is 47.6 cm³/mol. The first-order valence-corrected chi connectivity index (χ1v) is 5.05. The van der Waals surface area contributed by atoms with E-state index < -0.39 is 10.0 Å². The van der Waals surface area contributed by atoms with Crippen LogP contribution in [0.2, 0.25) is 5.02 Å². The maximum atomic E-state index is 10.8. The number of diazo groups is 1. The summed E-state index contributed by atoms with van der Waals surface area (Å²) in [6.07, 6.45) is 0. The maximum absolute atomic E-state index is 10.8. The largest absolute Gasteiger partial charge is 0.403 e. The smallest absolute Gasteiger partial charge is 0.225 e. The second kappa shape index (κ2) is 3.30. The minimum Gasteiger partial charge on any atom is -0.225 e. The Balaban J connectivity index is 3.36. The van der Waals surface area contributed by atoms with Gasteiger partial charge in [0.15, 0.2) is 4.98 Å². The molecule has 1 aromatic carbocycles. The molecule has 0 radical (unpaired) electrons. The third-order valence-electron chi connectivity index (χ3n) is 1.36. The van der Waals surface area contributed by atoms with Crippen LogP contribution in [-0.2, 0) is 10.0 Å². The highest BCUT2D eigenvalue weighted by atomic mass is 35.5. The number of halogens is 1. The third kappa shape index (κ3) is 2.15. The monoisotopic (exact) mass is 218 g/mol. The minimum atomic E-state index is -3.76. The summed E-state index contributed by atoms with van der Waals surface area (Å²) in [5.41, 5.74) is 0.0917. The van der Waals surface area contributed by atoms with E-state index in [-0.39, 0.29) is 15.6 Å². The first-order chi connectivity index (χ1) is 5.95. The Morgan fingerprint density at radius 3 is 2.46 bits per heavy atom. The third-order valence-corrected chi connectivity index (χ3v) is 2.57. The van der Waals surface area contributed by atoms with Crippen LogP contribution in [0, 0.1) is 5.39 Å². The van der Waals surface area contributed by atoms with E-state index in [9.17, 15) is 8.42 Å². The van der Waals surface area contributed by atoms with Crippen LogP contribution in [0.5, 0.6) is 0 Å². The molecule has 0 aliphatic heterocycles. The summed E-state index contributed by atoms with van der Waals surface area (Å²) >= 11 is 5.56. The first kappa shape index (κ1) is 9.92. The van der Waals surface area contributed by atoms with E-state index in [1.807, 2.05) is 0 Å². The van der Waals surface area contributed by atoms with Crippen molar-refractivity contribution in [2.45, 2.75) is 4.90 Å². The van der Waals surface area contributed by atoms with Crippen LogP contribution < -0.4 is 5.14 Å². The molecule has 68 valence electrons. The van der Waals surface area contributed by atoms with E-state index in [0.29, 0.717) is 0 Å². The van der Waals surface area contributed by atoms with Gasteiger partial charge in [-0.3, -0.25) is 0 Å². The van der Waals surface area contributed by atoms with Crippen LogP contribution in [0.1, 0.15) is 0 Å². The van der Waals surface area contributed by atoms with Gasteiger partial charge in [0.1, 0.15) is 5.02 Å². The number of nitrogens with zero attached hydrogens (tertiary/aromatic N) is 2. The fourth-order valence-corrected chi connectivity index (χ4v) is 1.57. The van der Waals surface area contributed by atoms with Crippen molar-refractivity contribution in [3.05, 3.63) is 28.2 Å². The van der Waals surface area contributed by atoms with E-state index in [0.717, 1.165) is 6.07 Å². The molecule has 0 amide bonds. The first-order valence-electron chi connectivity index (χ1n) is 3.12. The normalized spacial score (nSPS) is 10.8. The summed E-state index contributed by atoms with van der Waals surface area (Å²) in [7, 11) is -3.76. The fourth-order valence-electron chi connectivity index (χ4n) is 0.746. The number of benzene rings is 1. The molecule has 0 aromatic heterocycles. The lowest BCUT2D eigenvalue weighted by atomic mass is 10.3. The molecule has 0 bridgehead atoms. The zero-order chi connectivity index (χ0) is 10.1. The molecular formula is C6H5ClN3O2S+. The van der Waals surface area contributed by atoms with Crippen LogP contribution in [0.15, 0.2) is 23.1 Å². The zero-order valence-electron chi connectivity index (χ0n) is 6.31. The number of sulfonamides is 1. The van der Waals surface area contributed by atoms with Gasteiger partial charge in [-0.2, -0.15) is 0 Å². The van der Waals surface area contributed by atoms with Gasteiger partial charge >= 0.3 is 5.69 Å². The number of rotatable bonds is 1. The molecular weight excluding hydrogens is 214 g/mol. The molecule has 5 nitrogen and oxygen atoms in total. The summed E-state index contributed by atoms with van der Waals surface area (Å²) < 4.78 is 21.6. The van der Waals surface area contributed by atoms with Crippen LogP contribution in [0.3, 0.4) is 0 Å². The Labute approximate surface area is 79.8 Å².